The van der Waals surface area contributed by atoms with E-state index in [4.69, 9.17) is 11.6 Å². The quantitative estimate of drug-likeness (QED) is 0.808. The lowest BCUT2D eigenvalue weighted by Gasteiger charge is -2.18. The highest BCUT2D eigenvalue weighted by atomic mass is 79.9. The van der Waals surface area contributed by atoms with Crippen molar-refractivity contribution in [3.05, 3.63) is 68.4 Å². The van der Waals surface area contributed by atoms with Crippen LogP contribution in [-0.4, -0.2) is 7.05 Å². The molecule has 0 heterocycles. The fourth-order valence-corrected chi connectivity index (χ4v) is 2.78. The van der Waals surface area contributed by atoms with Gasteiger partial charge in [-0.1, -0.05) is 45.7 Å². The molecule has 1 nitrogen and oxygen atoms in total. The van der Waals surface area contributed by atoms with Crippen LogP contribution < -0.4 is 5.32 Å². The van der Waals surface area contributed by atoms with Crippen molar-refractivity contribution in [2.45, 2.75) is 19.4 Å². The highest BCUT2D eigenvalue weighted by Gasteiger charge is 2.16. The summed E-state index contributed by atoms with van der Waals surface area (Å²) >= 11 is 9.63. The Bertz CT molecular complexity index is 595. The maximum absolute atomic E-state index is 13.9. The smallest absolute Gasteiger partial charge is 0.127 e. The summed E-state index contributed by atoms with van der Waals surface area (Å²) in [6.45, 7) is 2.04. The Morgan fingerprint density at radius 1 is 1.30 bits per heavy atom. The van der Waals surface area contributed by atoms with Gasteiger partial charge in [-0.15, -0.1) is 0 Å². The summed E-state index contributed by atoms with van der Waals surface area (Å²) in [5.41, 5.74) is 2.82. The number of benzene rings is 2. The van der Waals surface area contributed by atoms with Gasteiger partial charge in [0, 0.05) is 21.1 Å². The summed E-state index contributed by atoms with van der Waals surface area (Å²) in [5.74, 6) is -0.260. The lowest BCUT2D eigenvalue weighted by atomic mass is 9.98. The van der Waals surface area contributed by atoms with Crippen molar-refractivity contribution in [1.82, 2.24) is 5.32 Å². The van der Waals surface area contributed by atoms with E-state index >= 15 is 0 Å². The van der Waals surface area contributed by atoms with E-state index in [0.717, 1.165) is 10.0 Å². The van der Waals surface area contributed by atoms with E-state index in [1.807, 2.05) is 20.0 Å². The molecule has 106 valence electrons. The van der Waals surface area contributed by atoms with E-state index in [1.54, 1.807) is 12.1 Å². The largest absolute Gasteiger partial charge is 0.313 e. The van der Waals surface area contributed by atoms with Crippen LogP contribution in [0.15, 0.2) is 40.9 Å². The Hall–Kier alpha value is -0.900. The summed E-state index contributed by atoms with van der Waals surface area (Å²) in [4.78, 5) is 0. The Morgan fingerprint density at radius 3 is 2.65 bits per heavy atom. The summed E-state index contributed by atoms with van der Waals surface area (Å²) in [6.07, 6.45) is 0.511. The highest BCUT2D eigenvalue weighted by Crippen LogP contribution is 2.28. The van der Waals surface area contributed by atoms with Gasteiger partial charge in [-0.2, -0.15) is 0 Å². The standard InChI is InChI=1S/C16H16BrClFN/c1-10-6-7-11(8-13(10)17)16(20-2)9-12-14(18)4-3-5-15(12)19/h3-8,16,20H,9H2,1-2H3. The molecular weight excluding hydrogens is 341 g/mol. The Balaban J connectivity index is 2.31. The summed E-state index contributed by atoms with van der Waals surface area (Å²) in [7, 11) is 1.87. The first-order valence-corrected chi connectivity index (χ1v) is 7.56. The first-order chi connectivity index (χ1) is 9.52. The minimum absolute atomic E-state index is 0.0151. The second kappa shape index (κ2) is 6.70. The van der Waals surface area contributed by atoms with Crippen LogP contribution in [-0.2, 0) is 6.42 Å². The van der Waals surface area contributed by atoms with Crippen LogP contribution in [0.5, 0.6) is 0 Å². The molecule has 0 fully saturated rings. The molecule has 4 heteroatoms. The van der Waals surface area contributed by atoms with E-state index in [-0.39, 0.29) is 11.9 Å². The molecular formula is C16H16BrClFN. The summed E-state index contributed by atoms with van der Waals surface area (Å²) < 4.78 is 14.9. The second-order valence-electron chi connectivity index (χ2n) is 4.75. The molecule has 20 heavy (non-hydrogen) atoms. The number of likely N-dealkylation sites (N-methyl/N-ethyl adjacent to an activating group) is 1. The number of hydrogen-bond acceptors (Lipinski definition) is 1. The zero-order chi connectivity index (χ0) is 14.7. The summed E-state index contributed by atoms with van der Waals surface area (Å²) in [5, 5.41) is 3.69. The van der Waals surface area contributed by atoms with Crippen molar-refractivity contribution >= 4 is 27.5 Å². The molecule has 0 aromatic heterocycles. The molecule has 0 radical (unpaired) electrons. The molecule has 0 saturated carbocycles. The molecule has 2 aromatic carbocycles. The van der Waals surface area contributed by atoms with Crippen LogP contribution in [0.1, 0.15) is 22.7 Å². The van der Waals surface area contributed by atoms with Gasteiger partial charge in [-0.05, 0) is 49.7 Å². The second-order valence-corrected chi connectivity index (χ2v) is 6.02. The van der Waals surface area contributed by atoms with Gasteiger partial charge in [0.1, 0.15) is 5.82 Å². The number of hydrogen-bond donors (Lipinski definition) is 1. The first-order valence-electron chi connectivity index (χ1n) is 6.39. The number of rotatable bonds is 4. The molecule has 0 aliphatic carbocycles. The van der Waals surface area contributed by atoms with Crippen molar-refractivity contribution < 1.29 is 4.39 Å². The SMILES string of the molecule is CNC(Cc1c(F)cccc1Cl)c1ccc(C)c(Br)c1. The van der Waals surface area contributed by atoms with Gasteiger partial charge in [0.25, 0.3) is 0 Å². The Labute approximate surface area is 132 Å². The molecule has 0 amide bonds. The molecule has 0 aliphatic rings. The number of halogens is 3. The fraction of sp³-hybridized carbons (Fsp3) is 0.250. The van der Waals surface area contributed by atoms with Crippen molar-refractivity contribution in [1.29, 1.82) is 0 Å². The van der Waals surface area contributed by atoms with Crippen molar-refractivity contribution in [2.75, 3.05) is 7.05 Å². The van der Waals surface area contributed by atoms with Gasteiger partial charge in [0.05, 0.1) is 0 Å². The molecule has 0 bridgehead atoms. The van der Waals surface area contributed by atoms with Crippen molar-refractivity contribution in [2.24, 2.45) is 0 Å². The van der Waals surface area contributed by atoms with Crippen molar-refractivity contribution in [3.63, 3.8) is 0 Å². The molecule has 0 saturated heterocycles. The maximum atomic E-state index is 13.9. The van der Waals surface area contributed by atoms with Crippen LogP contribution in [0.4, 0.5) is 4.39 Å². The molecule has 2 rings (SSSR count). The van der Waals surface area contributed by atoms with Gasteiger partial charge < -0.3 is 5.32 Å². The molecule has 1 N–H and O–H groups in total. The van der Waals surface area contributed by atoms with Gasteiger partial charge >= 0.3 is 0 Å². The Morgan fingerprint density at radius 2 is 2.05 bits per heavy atom. The summed E-state index contributed by atoms with van der Waals surface area (Å²) in [6, 6.07) is 11.0. The van der Waals surface area contributed by atoms with Gasteiger partial charge in [-0.3, -0.25) is 0 Å². The third-order valence-electron chi connectivity index (χ3n) is 3.42. The zero-order valence-electron chi connectivity index (χ0n) is 11.4. The lowest BCUT2D eigenvalue weighted by Crippen LogP contribution is -2.19. The topological polar surface area (TPSA) is 12.0 Å². The number of aryl methyl sites for hydroxylation is 1. The van der Waals surface area contributed by atoms with E-state index in [0.29, 0.717) is 17.0 Å². The third kappa shape index (κ3) is 3.40. The van der Waals surface area contributed by atoms with Gasteiger partial charge in [-0.25, -0.2) is 4.39 Å². The van der Waals surface area contributed by atoms with E-state index in [2.05, 4.69) is 33.4 Å². The molecule has 0 aliphatic heterocycles. The zero-order valence-corrected chi connectivity index (χ0v) is 13.7. The first kappa shape index (κ1) is 15.5. The minimum atomic E-state index is -0.260. The van der Waals surface area contributed by atoms with E-state index < -0.39 is 0 Å². The lowest BCUT2D eigenvalue weighted by molar-refractivity contribution is 0.554. The molecule has 0 spiro atoms. The van der Waals surface area contributed by atoms with Crippen LogP contribution >= 0.6 is 27.5 Å². The highest BCUT2D eigenvalue weighted by molar-refractivity contribution is 9.10. The molecule has 1 atom stereocenters. The van der Waals surface area contributed by atoms with Crippen LogP contribution in [0.25, 0.3) is 0 Å². The predicted octanol–water partition coefficient (Wildman–Crippen LogP) is 5.05. The number of nitrogens with one attached hydrogen (secondary N) is 1. The molecule has 1 unspecified atom stereocenters. The fourth-order valence-electron chi connectivity index (χ4n) is 2.14. The predicted molar refractivity (Wildman–Crippen MR) is 85.8 cm³/mol. The average Bonchev–Trinajstić information content (AvgIpc) is 2.42. The van der Waals surface area contributed by atoms with E-state index in [1.165, 1.54) is 11.6 Å². The van der Waals surface area contributed by atoms with Crippen LogP contribution in [0.3, 0.4) is 0 Å². The van der Waals surface area contributed by atoms with E-state index in [9.17, 15) is 4.39 Å². The average molecular weight is 357 g/mol. The van der Waals surface area contributed by atoms with Gasteiger partial charge in [0.15, 0.2) is 0 Å². The normalized spacial score (nSPS) is 12.4. The maximum Gasteiger partial charge on any atom is 0.127 e. The van der Waals surface area contributed by atoms with Gasteiger partial charge in [0.2, 0.25) is 0 Å². The monoisotopic (exact) mass is 355 g/mol. The Kier molecular flexibility index (Phi) is 5.19. The van der Waals surface area contributed by atoms with Crippen LogP contribution in [0.2, 0.25) is 5.02 Å². The van der Waals surface area contributed by atoms with Crippen molar-refractivity contribution in [3.8, 4) is 0 Å². The molecule has 2 aromatic rings. The van der Waals surface area contributed by atoms with Crippen LogP contribution in [0, 0.1) is 12.7 Å². The minimum Gasteiger partial charge on any atom is -0.313 e. The third-order valence-corrected chi connectivity index (χ3v) is 4.63.